The van der Waals surface area contributed by atoms with Crippen LogP contribution in [0.4, 0.5) is 4.39 Å². The van der Waals surface area contributed by atoms with Crippen molar-refractivity contribution in [3.8, 4) is 5.75 Å². The molecule has 158 valence electrons. The Hall–Kier alpha value is -2.55. The maximum absolute atomic E-state index is 13.3. The molecule has 0 atom stereocenters. The van der Waals surface area contributed by atoms with Crippen molar-refractivity contribution in [2.24, 2.45) is 5.92 Å². The Balaban J connectivity index is 1.48. The highest BCUT2D eigenvalue weighted by Gasteiger charge is 2.14. The molecule has 0 amide bonds. The van der Waals surface area contributed by atoms with Gasteiger partial charge in [0, 0.05) is 18.8 Å². The van der Waals surface area contributed by atoms with Crippen LogP contribution in [0.25, 0.3) is 10.9 Å². The summed E-state index contributed by atoms with van der Waals surface area (Å²) in [5.74, 6) is 0.873. The lowest BCUT2D eigenvalue weighted by Crippen LogP contribution is -2.33. The zero-order chi connectivity index (χ0) is 20.9. The number of hydrogen-bond acceptors (Lipinski definition) is 6. The molecule has 0 radical (unpaired) electrons. The molecule has 1 aliphatic heterocycles. The summed E-state index contributed by atoms with van der Waals surface area (Å²) in [5, 5.41) is 7.27. The number of aromatic nitrogens is 3. The average molecular weight is 432 g/mol. The Morgan fingerprint density at radius 2 is 2.10 bits per heavy atom. The van der Waals surface area contributed by atoms with E-state index >= 15 is 0 Å². The summed E-state index contributed by atoms with van der Waals surface area (Å²) < 4.78 is 18.9. The van der Waals surface area contributed by atoms with Gasteiger partial charge in [0.1, 0.15) is 29.5 Å². The smallest absolute Gasteiger partial charge is 0.258 e. The Morgan fingerprint density at radius 1 is 1.27 bits per heavy atom. The summed E-state index contributed by atoms with van der Waals surface area (Å²) >= 11 is 5.78. The second-order valence-electron chi connectivity index (χ2n) is 7.36. The van der Waals surface area contributed by atoms with Gasteiger partial charge >= 0.3 is 0 Å². The van der Waals surface area contributed by atoms with Crippen LogP contribution in [-0.2, 0) is 13.2 Å². The fourth-order valence-electron chi connectivity index (χ4n) is 3.56. The van der Waals surface area contributed by atoms with E-state index in [0.29, 0.717) is 34.9 Å². The van der Waals surface area contributed by atoms with Crippen LogP contribution in [0.15, 0.2) is 35.3 Å². The summed E-state index contributed by atoms with van der Waals surface area (Å²) in [4.78, 5) is 24.2. The van der Waals surface area contributed by atoms with E-state index in [9.17, 15) is 9.18 Å². The van der Waals surface area contributed by atoms with Crippen LogP contribution in [-0.4, -0.2) is 34.6 Å². The summed E-state index contributed by atoms with van der Waals surface area (Å²) in [6.45, 7) is 3.57. The van der Waals surface area contributed by atoms with E-state index < -0.39 is 5.82 Å². The molecule has 3 aromatic rings. The minimum absolute atomic E-state index is 0.0178. The fourth-order valence-corrected chi connectivity index (χ4v) is 3.73. The summed E-state index contributed by atoms with van der Waals surface area (Å²) in [7, 11) is 0. The topological polar surface area (TPSA) is 91.9 Å². The first kappa shape index (κ1) is 20.7. The molecule has 7 nitrogen and oxygen atoms in total. The molecule has 1 saturated heterocycles. The first-order chi connectivity index (χ1) is 14.6. The zero-order valence-electron chi connectivity index (χ0n) is 16.4. The number of nitrogens with one attached hydrogen (secondary N) is 3. The molecule has 1 aliphatic rings. The van der Waals surface area contributed by atoms with Crippen LogP contribution in [0.3, 0.4) is 0 Å². The van der Waals surface area contributed by atoms with Gasteiger partial charge in [-0.05, 0) is 56.6 Å². The molecular weight excluding hydrogens is 409 g/mol. The number of H-pyrrole nitrogens is 1. The molecule has 0 aliphatic carbocycles. The van der Waals surface area contributed by atoms with Gasteiger partial charge in [-0.25, -0.2) is 9.37 Å². The summed E-state index contributed by atoms with van der Waals surface area (Å²) in [6.07, 6.45) is 3.93. The van der Waals surface area contributed by atoms with Crippen LogP contribution in [0.1, 0.15) is 24.4 Å². The van der Waals surface area contributed by atoms with Gasteiger partial charge in [0.2, 0.25) is 0 Å². The zero-order valence-corrected chi connectivity index (χ0v) is 17.1. The predicted octanol–water partition coefficient (Wildman–Crippen LogP) is 2.78. The van der Waals surface area contributed by atoms with Gasteiger partial charge in [-0.2, -0.15) is 0 Å². The molecule has 3 N–H and O–H groups in total. The van der Waals surface area contributed by atoms with Gasteiger partial charge in [-0.15, -0.1) is 0 Å². The molecule has 30 heavy (non-hydrogen) atoms. The molecule has 0 saturated carbocycles. The van der Waals surface area contributed by atoms with Crippen molar-refractivity contribution in [3.63, 3.8) is 0 Å². The molecular formula is C21H23ClFN5O2. The third kappa shape index (κ3) is 4.95. The largest absolute Gasteiger partial charge is 0.486 e. The molecule has 0 bridgehead atoms. The Labute approximate surface area is 178 Å². The Bertz CT molecular complexity index is 1080. The molecule has 1 aromatic carbocycles. The van der Waals surface area contributed by atoms with E-state index in [1.54, 1.807) is 12.3 Å². The molecule has 0 spiro atoms. The number of pyridine rings is 1. The normalized spacial score (nSPS) is 14.9. The van der Waals surface area contributed by atoms with E-state index in [-0.39, 0.29) is 17.2 Å². The highest BCUT2D eigenvalue weighted by Crippen LogP contribution is 2.22. The lowest BCUT2D eigenvalue weighted by molar-refractivity contribution is 0.295. The summed E-state index contributed by atoms with van der Waals surface area (Å²) in [5.41, 5.74) is 1.02. The van der Waals surface area contributed by atoms with Crippen molar-refractivity contribution in [1.29, 1.82) is 0 Å². The fraction of sp³-hybridized carbons (Fsp3) is 0.381. The third-order valence-corrected chi connectivity index (χ3v) is 5.49. The van der Waals surface area contributed by atoms with Crippen molar-refractivity contribution in [1.82, 2.24) is 25.6 Å². The Kier molecular flexibility index (Phi) is 6.56. The van der Waals surface area contributed by atoms with Crippen LogP contribution < -0.4 is 20.9 Å². The SMILES string of the molecule is O=c1[nH]c(COc2ccc(F)c(Cl)c2)nc2c(CNCC3CCNCC3)nccc12. The van der Waals surface area contributed by atoms with Crippen LogP contribution in [0.2, 0.25) is 5.02 Å². The van der Waals surface area contributed by atoms with Crippen molar-refractivity contribution in [3.05, 3.63) is 63.2 Å². The summed E-state index contributed by atoms with van der Waals surface area (Å²) in [6, 6.07) is 5.73. The van der Waals surface area contributed by atoms with E-state index in [2.05, 4.69) is 25.6 Å². The van der Waals surface area contributed by atoms with Crippen LogP contribution in [0, 0.1) is 11.7 Å². The lowest BCUT2D eigenvalue weighted by Gasteiger charge is -2.22. The van der Waals surface area contributed by atoms with Gasteiger partial charge in [0.15, 0.2) is 0 Å². The minimum atomic E-state index is -0.519. The molecule has 4 rings (SSSR count). The third-order valence-electron chi connectivity index (χ3n) is 5.20. The van der Waals surface area contributed by atoms with E-state index in [1.807, 2.05) is 0 Å². The molecule has 1 fully saturated rings. The monoisotopic (exact) mass is 431 g/mol. The van der Waals surface area contributed by atoms with Gasteiger partial charge in [-0.1, -0.05) is 11.6 Å². The number of nitrogens with zero attached hydrogens (tertiary/aromatic N) is 2. The van der Waals surface area contributed by atoms with Crippen molar-refractivity contribution >= 4 is 22.5 Å². The number of benzene rings is 1. The average Bonchev–Trinajstić information content (AvgIpc) is 2.76. The molecule has 2 aromatic heterocycles. The lowest BCUT2D eigenvalue weighted by atomic mass is 9.98. The number of aromatic amines is 1. The maximum Gasteiger partial charge on any atom is 0.258 e. The van der Waals surface area contributed by atoms with Gasteiger partial charge < -0.3 is 20.4 Å². The maximum atomic E-state index is 13.3. The van der Waals surface area contributed by atoms with Crippen LogP contribution >= 0.6 is 11.6 Å². The molecule has 9 heteroatoms. The van der Waals surface area contributed by atoms with Gasteiger partial charge in [0.25, 0.3) is 5.56 Å². The van der Waals surface area contributed by atoms with Crippen molar-refractivity contribution in [2.75, 3.05) is 19.6 Å². The predicted molar refractivity (Wildman–Crippen MR) is 113 cm³/mol. The van der Waals surface area contributed by atoms with E-state index in [0.717, 1.165) is 38.2 Å². The molecule has 0 unspecified atom stereocenters. The van der Waals surface area contributed by atoms with E-state index in [1.165, 1.54) is 18.2 Å². The number of fused-ring (bicyclic) bond motifs is 1. The first-order valence-corrected chi connectivity index (χ1v) is 10.3. The van der Waals surface area contributed by atoms with Gasteiger partial charge in [-0.3, -0.25) is 9.78 Å². The number of ether oxygens (including phenoxy) is 1. The molecule has 3 heterocycles. The van der Waals surface area contributed by atoms with E-state index in [4.69, 9.17) is 16.3 Å². The quantitative estimate of drug-likeness (QED) is 0.532. The second kappa shape index (κ2) is 9.51. The number of rotatable bonds is 7. The standard InChI is InChI=1S/C21H23ClFN5O2/c22-16-9-14(1-2-17(16)23)30-12-19-27-20-15(21(29)28-19)5-8-26-18(20)11-25-10-13-3-6-24-7-4-13/h1-2,5,8-9,13,24-25H,3-4,6-7,10-12H2,(H,27,28,29). The minimum Gasteiger partial charge on any atom is -0.486 e. The highest BCUT2D eigenvalue weighted by molar-refractivity contribution is 6.30. The number of halogens is 2. The van der Waals surface area contributed by atoms with Crippen LogP contribution in [0.5, 0.6) is 5.75 Å². The number of piperidine rings is 1. The van der Waals surface area contributed by atoms with Gasteiger partial charge in [0.05, 0.1) is 16.1 Å². The Morgan fingerprint density at radius 3 is 2.90 bits per heavy atom. The van der Waals surface area contributed by atoms with Crippen molar-refractivity contribution in [2.45, 2.75) is 26.0 Å². The number of hydrogen-bond donors (Lipinski definition) is 3. The first-order valence-electron chi connectivity index (χ1n) is 9.96. The highest BCUT2D eigenvalue weighted by atomic mass is 35.5. The van der Waals surface area contributed by atoms with Crippen molar-refractivity contribution < 1.29 is 9.13 Å². The second-order valence-corrected chi connectivity index (χ2v) is 7.76.